The number of hydrogen-bond acceptors (Lipinski definition) is 4. The second-order valence-electron chi connectivity index (χ2n) is 8.44. The van der Waals surface area contributed by atoms with Gasteiger partial charge in [0.05, 0.1) is 4.88 Å². The lowest BCUT2D eigenvalue weighted by Gasteiger charge is -2.27. The molecular formula is C23H33N3O2S. The molecule has 0 saturated heterocycles. The molecule has 1 heterocycles. The standard InChI is InChI=1S/C23H33N3O2S/c1-16(2)12-22(27)24-19-9-10-20(25(5)6)18(13-19)15-26(14-17(3)4)23(28)21-8-7-11-29-21/h7-11,13,16-17H,12,14-15H2,1-6H3,(H,24,27). The third kappa shape index (κ3) is 6.89. The average molecular weight is 416 g/mol. The van der Waals surface area contributed by atoms with Crippen LogP contribution in [0.4, 0.5) is 11.4 Å². The largest absolute Gasteiger partial charge is 0.377 e. The van der Waals surface area contributed by atoms with Crippen molar-refractivity contribution in [3.63, 3.8) is 0 Å². The quantitative estimate of drug-likeness (QED) is 0.620. The monoisotopic (exact) mass is 415 g/mol. The summed E-state index contributed by atoms with van der Waals surface area (Å²) in [7, 11) is 3.98. The lowest BCUT2D eigenvalue weighted by molar-refractivity contribution is -0.116. The maximum absolute atomic E-state index is 13.1. The number of amides is 2. The molecular weight excluding hydrogens is 382 g/mol. The Morgan fingerprint density at radius 3 is 2.34 bits per heavy atom. The molecule has 0 unspecified atom stereocenters. The maximum atomic E-state index is 13.1. The number of carbonyl (C=O) groups is 2. The maximum Gasteiger partial charge on any atom is 0.264 e. The van der Waals surface area contributed by atoms with Crippen molar-refractivity contribution in [3.05, 3.63) is 46.2 Å². The molecule has 0 fully saturated rings. The van der Waals surface area contributed by atoms with Gasteiger partial charge in [-0.25, -0.2) is 0 Å². The van der Waals surface area contributed by atoms with Crippen molar-refractivity contribution in [2.45, 2.75) is 40.7 Å². The van der Waals surface area contributed by atoms with E-state index in [9.17, 15) is 9.59 Å². The van der Waals surface area contributed by atoms with Crippen molar-refractivity contribution < 1.29 is 9.59 Å². The van der Waals surface area contributed by atoms with E-state index in [4.69, 9.17) is 0 Å². The molecule has 29 heavy (non-hydrogen) atoms. The predicted molar refractivity (Wildman–Crippen MR) is 123 cm³/mol. The first-order chi connectivity index (χ1) is 13.7. The van der Waals surface area contributed by atoms with Crippen molar-refractivity contribution in [3.8, 4) is 0 Å². The summed E-state index contributed by atoms with van der Waals surface area (Å²) in [5, 5.41) is 4.92. The van der Waals surface area contributed by atoms with E-state index < -0.39 is 0 Å². The zero-order valence-corrected chi connectivity index (χ0v) is 19.2. The molecule has 2 amide bonds. The fourth-order valence-electron chi connectivity index (χ4n) is 3.23. The van der Waals surface area contributed by atoms with Crippen LogP contribution in [0.15, 0.2) is 35.7 Å². The molecule has 0 bridgehead atoms. The number of nitrogens with zero attached hydrogens (tertiary/aromatic N) is 2. The summed E-state index contributed by atoms with van der Waals surface area (Å²) < 4.78 is 0. The summed E-state index contributed by atoms with van der Waals surface area (Å²) in [5.41, 5.74) is 2.83. The third-order valence-corrected chi connectivity index (χ3v) is 5.26. The molecule has 158 valence electrons. The molecule has 2 aromatic rings. The first-order valence-electron chi connectivity index (χ1n) is 10.1. The Balaban J connectivity index is 2.31. The zero-order valence-electron chi connectivity index (χ0n) is 18.4. The Kier molecular flexibility index (Phi) is 8.26. The molecule has 1 N–H and O–H groups in total. The van der Waals surface area contributed by atoms with Crippen LogP contribution in [-0.2, 0) is 11.3 Å². The van der Waals surface area contributed by atoms with Crippen molar-refractivity contribution in [2.75, 3.05) is 30.9 Å². The van der Waals surface area contributed by atoms with Crippen LogP contribution in [0.3, 0.4) is 0 Å². The van der Waals surface area contributed by atoms with Crippen LogP contribution in [-0.4, -0.2) is 37.4 Å². The van der Waals surface area contributed by atoms with Gasteiger partial charge in [0.1, 0.15) is 0 Å². The highest BCUT2D eigenvalue weighted by Gasteiger charge is 2.20. The Morgan fingerprint density at radius 2 is 1.79 bits per heavy atom. The molecule has 1 aromatic heterocycles. The van der Waals surface area contributed by atoms with Crippen LogP contribution in [0.25, 0.3) is 0 Å². The van der Waals surface area contributed by atoms with Crippen LogP contribution < -0.4 is 10.2 Å². The molecule has 0 aliphatic rings. The van der Waals surface area contributed by atoms with E-state index in [1.807, 2.05) is 73.5 Å². The van der Waals surface area contributed by atoms with Gasteiger partial charge in [-0.2, -0.15) is 0 Å². The molecule has 6 heteroatoms. The topological polar surface area (TPSA) is 52.7 Å². The van der Waals surface area contributed by atoms with E-state index in [1.54, 1.807) is 0 Å². The van der Waals surface area contributed by atoms with Crippen LogP contribution >= 0.6 is 11.3 Å². The van der Waals surface area contributed by atoms with Crippen molar-refractivity contribution in [2.24, 2.45) is 11.8 Å². The summed E-state index contributed by atoms with van der Waals surface area (Å²) in [6.45, 7) is 9.46. The van der Waals surface area contributed by atoms with Gasteiger partial charge in [-0.3, -0.25) is 9.59 Å². The first-order valence-corrected chi connectivity index (χ1v) is 11.0. The molecule has 0 spiro atoms. The average Bonchev–Trinajstić information content (AvgIpc) is 3.13. The summed E-state index contributed by atoms with van der Waals surface area (Å²) in [4.78, 5) is 30.0. The summed E-state index contributed by atoms with van der Waals surface area (Å²) in [6.07, 6.45) is 0.487. The number of carbonyl (C=O) groups excluding carboxylic acids is 2. The van der Waals surface area contributed by atoms with E-state index in [1.165, 1.54) is 11.3 Å². The summed E-state index contributed by atoms with van der Waals surface area (Å²) in [6, 6.07) is 9.69. The molecule has 0 aliphatic carbocycles. The minimum atomic E-state index is 0.0113. The highest BCUT2D eigenvalue weighted by Crippen LogP contribution is 2.26. The van der Waals surface area contributed by atoms with Gasteiger partial charge < -0.3 is 15.1 Å². The number of thiophene rings is 1. The van der Waals surface area contributed by atoms with Gasteiger partial charge in [-0.15, -0.1) is 11.3 Å². The predicted octanol–water partition coefficient (Wildman–Crippen LogP) is 5.10. The molecule has 0 saturated carbocycles. The smallest absolute Gasteiger partial charge is 0.264 e. The highest BCUT2D eigenvalue weighted by molar-refractivity contribution is 7.12. The normalized spacial score (nSPS) is 11.0. The summed E-state index contributed by atoms with van der Waals surface area (Å²) in [5.74, 6) is 0.723. The second-order valence-corrected chi connectivity index (χ2v) is 9.39. The van der Waals surface area contributed by atoms with Crippen molar-refractivity contribution in [1.82, 2.24) is 4.90 Å². The minimum Gasteiger partial charge on any atom is -0.377 e. The van der Waals surface area contributed by atoms with Crippen molar-refractivity contribution in [1.29, 1.82) is 0 Å². The van der Waals surface area contributed by atoms with E-state index in [0.29, 0.717) is 31.3 Å². The number of benzene rings is 1. The van der Waals surface area contributed by atoms with E-state index in [2.05, 4.69) is 19.2 Å². The Hall–Kier alpha value is -2.34. The lowest BCUT2D eigenvalue weighted by Crippen LogP contribution is -2.33. The number of hydrogen-bond donors (Lipinski definition) is 1. The van der Waals surface area contributed by atoms with Crippen LogP contribution in [0, 0.1) is 11.8 Å². The SMILES string of the molecule is CC(C)CC(=O)Nc1ccc(N(C)C)c(CN(CC(C)C)C(=O)c2cccs2)c1. The van der Waals surface area contributed by atoms with Gasteiger partial charge in [0, 0.05) is 45.0 Å². The fourth-order valence-corrected chi connectivity index (χ4v) is 3.92. The molecule has 5 nitrogen and oxygen atoms in total. The molecule has 1 aromatic carbocycles. The van der Waals surface area contributed by atoms with E-state index >= 15 is 0 Å². The van der Waals surface area contributed by atoms with Crippen LogP contribution in [0.1, 0.15) is 49.4 Å². The molecule has 2 rings (SSSR count). The Bertz CT molecular complexity index is 814. The molecule has 0 aliphatic heterocycles. The van der Waals surface area contributed by atoms with Gasteiger partial charge in [-0.05, 0) is 47.0 Å². The summed E-state index contributed by atoms with van der Waals surface area (Å²) >= 11 is 1.47. The number of nitrogens with one attached hydrogen (secondary N) is 1. The Labute approximate surface area is 178 Å². The second kappa shape index (κ2) is 10.4. The van der Waals surface area contributed by atoms with Gasteiger partial charge >= 0.3 is 0 Å². The lowest BCUT2D eigenvalue weighted by atomic mass is 10.1. The van der Waals surface area contributed by atoms with Crippen LogP contribution in [0.5, 0.6) is 0 Å². The number of rotatable bonds is 9. The molecule has 0 atom stereocenters. The van der Waals surface area contributed by atoms with E-state index in [-0.39, 0.29) is 11.8 Å². The number of anilines is 2. The van der Waals surface area contributed by atoms with Gasteiger partial charge in [0.15, 0.2) is 0 Å². The van der Waals surface area contributed by atoms with Gasteiger partial charge in [0.25, 0.3) is 5.91 Å². The van der Waals surface area contributed by atoms with Crippen LogP contribution in [0.2, 0.25) is 0 Å². The third-order valence-electron chi connectivity index (χ3n) is 4.40. The minimum absolute atomic E-state index is 0.0113. The first kappa shape index (κ1) is 22.9. The highest BCUT2D eigenvalue weighted by atomic mass is 32.1. The Morgan fingerprint density at radius 1 is 1.07 bits per heavy atom. The van der Waals surface area contributed by atoms with Gasteiger partial charge in [-0.1, -0.05) is 33.8 Å². The fraction of sp³-hybridized carbons (Fsp3) is 0.478. The van der Waals surface area contributed by atoms with Gasteiger partial charge in [0.2, 0.25) is 5.91 Å². The van der Waals surface area contributed by atoms with Crippen molar-refractivity contribution >= 4 is 34.5 Å². The zero-order chi connectivity index (χ0) is 21.6. The van der Waals surface area contributed by atoms with E-state index in [0.717, 1.165) is 21.8 Å². The molecule has 0 radical (unpaired) electrons.